The first kappa shape index (κ1) is 11.0. The van der Waals surface area contributed by atoms with Crippen LogP contribution in [0.5, 0.6) is 0 Å². The van der Waals surface area contributed by atoms with Crippen molar-refractivity contribution in [1.29, 1.82) is 0 Å². The zero-order valence-corrected chi connectivity index (χ0v) is 9.61. The molecule has 16 heavy (non-hydrogen) atoms. The van der Waals surface area contributed by atoms with Crippen LogP contribution in [0.3, 0.4) is 0 Å². The van der Waals surface area contributed by atoms with E-state index in [2.05, 4.69) is 4.79 Å². The third-order valence-electron chi connectivity index (χ3n) is 4.66. The Labute approximate surface area is 93.4 Å². The number of rotatable bonds is 2. The lowest BCUT2D eigenvalue weighted by Gasteiger charge is -2.33. The third-order valence-corrected chi connectivity index (χ3v) is 4.66. The highest BCUT2D eigenvalue weighted by Gasteiger charge is 2.75. The SMILES string of the molecule is CC12CCC(C(=O)C=[N+]=[N-])(OC1=O)C2(C)C. The molecule has 2 rings (SSSR count). The molecule has 0 aromatic heterocycles. The van der Waals surface area contributed by atoms with Crippen LogP contribution in [0.1, 0.15) is 33.6 Å². The molecule has 2 unspecified atom stereocenters. The van der Waals surface area contributed by atoms with Crippen molar-refractivity contribution in [2.45, 2.75) is 39.2 Å². The predicted molar refractivity (Wildman–Crippen MR) is 54.6 cm³/mol. The van der Waals surface area contributed by atoms with E-state index >= 15 is 0 Å². The molecule has 0 amide bonds. The van der Waals surface area contributed by atoms with Crippen molar-refractivity contribution in [2.75, 3.05) is 0 Å². The molecule has 0 aromatic rings. The molecule has 0 radical (unpaired) electrons. The highest BCUT2D eigenvalue weighted by Crippen LogP contribution is 2.65. The summed E-state index contributed by atoms with van der Waals surface area (Å²) in [6.07, 6.45) is 1.95. The van der Waals surface area contributed by atoms with Gasteiger partial charge in [0, 0.05) is 5.41 Å². The van der Waals surface area contributed by atoms with Crippen molar-refractivity contribution < 1.29 is 19.1 Å². The quantitative estimate of drug-likeness (QED) is 0.302. The number of esters is 1. The number of carbonyl (C=O) groups is 2. The number of Topliss-reactive ketones (excluding diaryl/α,β-unsaturated/α-hetero) is 1. The lowest BCUT2D eigenvalue weighted by Crippen LogP contribution is -2.48. The second-order valence-corrected chi connectivity index (χ2v) is 5.28. The molecule has 0 N–H and O–H groups in total. The molecule has 1 heterocycles. The van der Waals surface area contributed by atoms with Crippen molar-refractivity contribution in [2.24, 2.45) is 10.8 Å². The zero-order valence-electron chi connectivity index (χ0n) is 9.61. The second kappa shape index (κ2) is 2.80. The first-order valence-electron chi connectivity index (χ1n) is 5.27. The Morgan fingerprint density at radius 1 is 1.44 bits per heavy atom. The van der Waals surface area contributed by atoms with Gasteiger partial charge in [0.15, 0.2) is 5.60 Å². The second-order valence-electron chi connectivity index (χ2n) is 5.28. The average molecular weight is 222 g/mol. The van der Waals surface area contributed by atoms with Crippen molar-refractivity contribution in [3.8, 4) is 0 Å². The van der Waals surface area contributed by atoms with E-state index in [-0.39, 0.29) is 5.97 Å². The maximum absolute atomic E-state index is 11.9. The van der Waals surface area contributed by atoms with Crippen LogP contribution in [-0.4, -0.2) is 28.4 Å². The lowest BCUT2D eigenvalue weighted by molar-refractivity contribution is -0.165. The molecule has 0 spiro atoms. The van der Waals surface area contributed by atoms with Gasteiger partial charge in [-0.3, -0.25) is 9.59 Å². The van der Waals surface area contributed by atoms with E-state index in [4.69, 9.17) is 10.3 Å². The molecule has 2 atom stereocenters. The average Bonchev–Trinajstić information content (AvgIpc) is 2.48. The number of carbonyl (C=O) groups excluding carboxylic acids is 2. The van der Waals surface area contributed by atoms with Crippen LogP contribution in [0.4, 0.5) is 0 Å². The molecule has 2 fully saturated rings. The van der Waals surface area contributed by atoms with E-state index in [9.17, 15) is 9.59 Å². The molecule has 0 aromatic carbocycles. The molecule has 1 saturated heterocycles. The van der Waals surface area contributed by atoms with Crippen LogP contribution in [0.25, 0.3) is 5.53 Å². The van der Waals surface area contributed by atoms with Crippen molar-refractivity contribution in [1.82, 2.24) is 0 Å². The number of ketones is 1. The first-order valence-corrected chi connectivity index (χ1v) is 5.27. The van der Waals surface area contributed by atoms with Gasteiger partial charge in [-0.1, -0.05) is 13.8 Å². The van der Waals surface area contributed by atoms with Gasteiger partial charge in [-0.05, 0) is 19.8 Å². The van der Waals surface area contributed by atoms with Crippen LogP contribution in [-0.2, 0) is 14.3 Å². The molecule has 1 saturated carbocycles. The monoisotopic (exact) mass is 222 g/mol. The van der Waals surface area contributed by atoms with Crippen molar-refractivity contribution >= 4 is 18.0 Å². The molecule has 1 aliphatic carbocycles. The van der Waals surface area contributed by atoms with Crippen LogP contribution in [0.15, 0.2) is 0 Å². The summed E-state index contributed by atoms with van der Waals surface area (Å²) in [6.45, 7) is 5.54. The van der Waals surface area contributed by atoms with E-state index in [0.717, 1.165) is 6.21 Å². The Bertz CT molecular complexity index is 437. The van der Waals surface area contributed by atoms with Gasteiger partial charge in [-0.2, -0.15) is 4.79 Å². The van der Waals surface area contributed by atoms with Gasteiger partial charge < -0.3 is 10.3 Å². The zero-order chi connectivity index (χ0) is 12.2. The summed E-state index contributed by atoms with van der Waals surface area (Å²) in [7, 11) is 0. The topological polar surface area (TPSA) is 79.8 Å². The fourth-order valence-electron chi connectivity index (χ4n) is 2.94. The highest BCUT2D eigenvalue weighted by atomic mass is 16.6. The van der Waals surface area contributed by atoms with Gasteiger partial charge in [0.1, 0.15) is 0 Å². The van der Waals surface area contributed by atoms with Crippen LogP contribution >= 0.6 is 0 Å². The maximum Gasteiger partial charge on any atom is 0.327 e. The summed E-state index contributed by atoms with van der Waals surface area (Å²) in [5.41, 5.74) is 6.09. The van der Waals surface area contributed by atoms with Gasteiger partial charge in [0.05, 0.1) is 5.41 Å². The number of ether oxygens (including phenoxy) is 1. The van der Waals surface area contributed by atoms with Gasteiger partial charge in [0.25, 0.3) is 5.78 Å². The van der Waals surface area contributed by atoms with E-state index < -0.39 is 22.2 Å². The smallest absolute Gasteiger partial charge is 0.327 e. The summed E-state index contributed by atoms with van der Waals surface area (Å²) in [5, 5.41) is 0. The summed E-state index contributed by atoms with van der Waals surface area (Å²) in [4.78, 5) is 26.5. The van der Waals surface area contributed by atoms with E-state index in [1.165, 1.54) is 0 Å². The molecule has 5 nitrogen and oxygen atoms in total. The van der Waals surface area contributed by atoms with Gasteiger partial charge >= 0.3 is 12.2 Å². The minimum absolute atomic E-state index is 0.330. The first-order chi connectivity index (χ1) is 7.32. The minimum Gasteiger partial charge on any atom is -0.449 e. The molecule has 2 bridgehead atoms. The van der Waals surface area contributed by atoms with Gasteiger partial charge in [-0.15, -0.1) is 0 Å². The molecular formula is C11H14N2O3. The molecule has 86 valence electrons. The van der Waals surface area contributed by atoms with Crippen LogP contribution < -0.4 is 0 Å². The minimum atomic E-state index is -1.15. The molecule has 2 aliphatic rings. The summed E-state index contributed by atoms with van der Waals surface area (Å²) in [6, 6.07) is 0. The fraction of sp³-hybridized carbons (Fsp3) is 0.727. The lowest BCUT2D eigenvalue weighted by atomic mass is 9.65. The van der Waals surface area contributed by atoms with Gasteiger partial charge in [-0.25, -0.2) is 0 Å². The predicted octanol–water partition coefficient (Wildman–Crippen LogP) is 0.978. The third kappa shape index (κ3) is 0.877. The van der Waals surface area contributed by atoms with Crippen LogP contribution in [0.2, 0.25) is 0 Å². The Kier molecular flexibility index (Phi) is 1.93. The maximum atomic E-state index is 11.9. The summed E-state index contributed by atoms with van der Waals surface area (Å²) in [5.74, 6) is -0.766. The molecule has 1 aliphatic heterocycles. The van der Waals surface area contributed by atoms with E-state index in [1.807, 2.05) is 20.8 Å². The van der Waals surface area contributed by atoms with E-state index in [1.54, 1.807) is 0 Å². The Morgan fingerprint density at radius 3 is 2.44 bits per heavy atom. The Morgan fingerprint density at radius 2 is 2.06 bits per heavy atom. The van der Waals surface area contributed by atoms with E-state index in [0.29, 0.717) is 12.8 Å². The summed E-state index contributed by atoms with van der Waals surface area (Å²) >= 11 is 0. The highest BCUT2D eigenvalue weighted by molar-refractivity contribution is 6.30. The Hall–Kier alpha value is -1.48. The van der Waals surface area contributed by atoms with Gasteiger partial charge in [0.2, 0.25) is 0 Å². The standard InChI is InChI=1S/C11H14N2O3/c1-9(2)10(3)4-5-11(9,16-8(10)15)7(14)6-13-12/h6H,4-5H2,1-3H3. The number of hydrogen-bond acceptors (Lipinski definition) is 3. The normalized spacial score (nSPS) is 39.1. The Balaban J connectivity index is 2.56. The van der Waals surface area contributed by atoms with Crippen LogP contribution in [0, 0.1) is 10.8 Å². The fourth-order valence-corrected chi connectivity index (χ4v) is 2.94. The molecular weight excluding hydrogens is 208 g/mol. The number of fused-ring (bicyclic) bond motifs is 2. The number of nitrogens with zero attached hydrogens (tertiary/aromatic N) is 2. The number of hydrogen-bond donors (Lipinski definition) is 0. The largest absolute Gasteiger partial charge is 0.449 e. The van der Waals surface area contributed by atoms with Crippen molar-refractivity contribution in [3.05, 3.63) is 5.53 Å². The van der Waals surface area contributed by atoms with Crippen molar-refractivity contribution in [3.63, 3.8) is 0 Å². The molecule has 5 heteroatoms. The summed E-state index contributed by atoms with van der Waals surface area (Å²) < 4.78 is 5.29.